The van der Waals surface area contributed by atoms with Crippen LogP contribution in [0.3, 0.4) is 0 Å². The van der Waals surface area contributed by atoms with Crippen molar-refractivity contribution in [2.45, 2.75) is 75.9 Å². The molecule has 1 amide bonds. The summed E-state index contributed by atoms with van der Waals surface area (Å²) in [7, 11) is 3.11. The van der Waals surface area contributed by atoms with Crippen molar-refractivity contribution in [2.75, 3.05) is 150 Å². The second-order valence-corrected chi connectivity index (χ2v) is 20.3. The number of unbranched alkanes of at least 4 members (excludes halogenated alkanes) is 3. The highest BCUT2D eigenvalue weighted by molar-refractivity contribution is 6.37. The number of ether oxygens (including phenoxy) is 9. The number of hydrogen-bond acceptors (Lipinski definition) is 21. The van der Waals surface area contributed by atoms with Crippen molar-refractivity contribution in [3.8, 4) is 23.3 Å². The van der Waals surface area contributed by atoms with Crippen LogP contribution >= 0.6 is 23.2 Å². The van der Waals surface area contributed by atoms with Crippen molar-refractivity contribution in [2.24, 2.45) is 0 Å². The number of rotatable bonds is 35. The van der Waals surface area contributed by atoms with Crippen LogP contribution in [-0.4, -0.2) is 204 Å². The van der Waals surface area contributed by atoms with Gasteiger partial charge in [-0.15, -0.1) is 0 Å². The number of pyridine rings is 1. The van der Waals surface area contributed by atoms with E-state index < -0.39 is 36.9 Å². The van der Waals surface area contributed by atoms with E-state index in [0.717, 1.165) is 65.1 Å². The predicted molar refractivity (Wildman–Crippen MR) is 301 cm³/mol. The monoisotopic (exact) mass is 1160 g/mol. The molecular formula is C56H78Cl2N8O14. The summed E-state index contributed by atoms with van der Waals surface area (Å²) >= 11 is 12.8. The van der Waals surface area contributed by atoms with Crippen molar-refractivity contribution >= 4 is 57.1 Å². The fourth-order valence-electron chi connectivity index (χ4n) is 9.86. The normalized spacial score (nSPS) is 19.7. The molecule has 4 aromatic rings. The summed E-state index contributed by atoms with van der Waals surface area (Å²) in [5.74, 6) is 1.12. The lowest BCUT2D eigenvalue weighted by Crippen LogP contribution is -2.57. The van der Waals surface area contributed by atoms with E-state index in [9.17, 15) is 30.5 Å². The van der Waals surface area contributed by atoms with Crippen molar-refractivity contribution < 1.29 is 67.9 Å². The lowest BCUT2D eigenvalue weighted by Gasteiger charge is -2.40. The topological polar surface area (TPSA) is 264 Å². The van der Waals surface area contributed by atoms with Gasteiger partial charge in [-0.2, -0.15) is 5.26 Å². The molecule has 3 aliphatic rings. The van der Waals surface area contributed by atoms with Crippen LogP contribution in [0.2, 0.25) is 10.0 Å². The van der Waals surface area contributed by atoms with Crippen LogP contribution in [0.25, 0.3) is 10.9 Å². The summed E-state index contributed by atoms with van der Waals surface area (Å²) in [6, 6.07) is 13.4. The second-order valence-electron chi connectivity index (χ2n) is 19.5. The van der Waals surface area contributed by atoms with Crippen LogP contribution in [0, 0.1) is 11.3 Å². The summed E-state index contributed by atoms with van der Waals surface area (Å²) in [5.41, 5.74) is 3.12. The first-order valence-electron chi connectivity index (χ1n) is 27.4. The van der Waals surface area contributed by atoms with Gasteiger partial charge in [0, 0.05) is 79.9 Å². The first-order valence-corrected chi connectivity index (χ1v) is 28.2. The number of amides is 1. The molecule has 0 spiro atoms. The van der Waals surface area contributed by atoms with Crippen molar-refractivity contribution in [1.29, 1.82) is 5.26 Å². The molecule has 5 unspecified atom stereocenters. The zero-order chi connectivity index (χ0) is 56.6. The van der Waals surface area contributed by atoms with Gasteiger partial charge >= 0.3 is 0 Å². The van der Waals surface area contributed by atoms with E-state index in [2.05, 4.69) is 36.8 Å². The Labute approximate surface area is 477 Å². The Morgan fingerprint density at radius 2 is 1.32 bits per heavy atom. The third-order valence-corrected chi connectivity index (χ3v) is 14.7. The van der Waals surface area contributed by atoms with Gasteiger partial charge in [0.1, 0.15) is 43.3 Å². The summed E-state index contributed by atoms with van der Waals surface area (Å²) < 4.78 is 50.8. The number of carbonyl (C=O) groups is 1. The van der Waals surface area contributed by atoms with E-state index in [1.165, 1.54) is 31.0 Å². The molecule has 0 bridgehead atoms. The van der Waals surface area contributed by atoms with Gasteiger partial charge in [-0.1, -0.05) is 48.2 Å². The number of aliphatic hydroxyl groups is 4. The Morgan fingerprint density at radius 3 is 1.96 bits per heavy atom. The van der Waals surface area contributed by atoms with E-state index in [1.807, 2.05) is 12.1 Å². The largest absolute Gasteiger partial charge is 0.495 e. The number of fused-ring (bicyclic) bond motifs is 2. The molecule has 80 heavy (non-hydrogen) atoms. The second kappa shape index (κ2) is 33.4. The number of nitrogens with zero attached hydrogens (tertiary/aromatic N) is 5. The third kappa shape index (κ3) is 18.4. The number of carbonyl (C=O) groups excluding carboxylic acids is 1. The quantitative estimate of drug-likeness (QED) is 0.0279. The van der Waals surface area contributed by atoms with Gasteiger partial charge in [-0.25, -0.2) is 4.90 Å². The van der Waals surface area contributed by atoms with E-state index in [1.54, 1.807) is 37.4 Å². The summed E-state index contributed by atoms with van der Waals surface area (Å²) in [5, 5.41) is 62.3. The third-order valence-electron chi connectivity index (χ3n) is 14.1. The number of nitriles is 1. The zero-order valence-corrected chi connectivity index (χ0v) is 47.3. The number of anilines is 3. The molecule has 1 aromatic heterocycles. The molecule has 3 aromatic carbocycles. The van der Waals surface area contributed by atoms with Crippen LogP contribution in [0.1, 0.15) is 74.1 Å². The molecule has 24 heteroatoms. The average Bonchev–Trinajstić information content (AvgIpc) is 3.71. The van der Waals surface area contributed by atoms with Gasteiger partial charge in [-0.3, -0.25) is 15.1 Å². The first-order chi connectivity index (χ1) is 39.0. The van der Waals surface area contributed by atoms with Crippen LogP contribution < -0.4 is 30.2 Å². The fraction of sp³-hybridized carbons (Fsp3) is 0.589. The van der Waals surface area contributed by atoms with Gasteiger partial charge in [0.25, 0.3) is 0 Å². The van der Waals surface area contributed by atoms with Crippen molar-refractivity contribution in [3.63, 3.8) is 0 Å². The molecule has 7 rings (SSSR count). The average molecular weight is 1160 g/mol. The lowest BCUT2D eigenvalue weighted by molar-refractivity contribution is -0.158. The molecule has 4 heterocycles. The number of piperidine rings is 1. The van der Waals surface area contributed by atoms with Gasteiger partial charge in [0.15, 0.2) is 11.5 Å². The Hall–Kier alpha value is -4.75. The number of benzene rings is 3. The summed E-state index contributed by atoms with van der Waals surface area (Å²) in [6.07, 6.45) is 3.10. The fourth-order valence-corrected chi connectivity index (χ4v) is 10.4. The summed E-state index contributed by atoms with van der Waals surface area (Å²) in [6.45, 7) is 11.4. The highest BCUT2D eigenvalue weighted by Gasteiger charge is 2.46. The zero-order valence-electron chi connectivity index (χ0n) is 45.8. The molecule has 2 saturated heterocycles. The SMILES string of the molecule is COc1cc(Nc2c(C#N)cnc3cc(OCCCN4CCN(CCCCCCOCCOCCOCCOCCOCCOCC(=O)Nc5cccc6c5C(O)N(C5CCC(O)NC5O)C6O)CC4)c(OC)cc23)c(Cl)cc1Cl. The maximum Gasteiger partial charge on any atom is 0.250 e. The van der Waals surface area contributed by atoms with Crippen LogP contribution in [-0.2, 0) is 33.2 Å². The Balaban J connectivity index is 0.620. The van der Waals surface area contributed by atoms with Gasteiger partial charge < -0.3 is 83.5 Å². The number of halogens is 2. The first kappa shape index (κ1) is 62.8. The number of hydrogen-bond donors (Lipinski definition) is 7. The molecule has 5 atom stereocenters. The molecule has 0 saturated carbocycles. The minimum Gasteiger partial charge on any atom is -0.495 e. The maximum atomic E-state index is 12.7. The van der Waals surface area contributed by atoms with E-state index in [4.69, 9.17) is 65.8 Å². The number of aromatic nitrogens is 1. The standard InChI is InChI=1S/C56H78Cl2N8O14/c1-72-47-34-45(41(57)32-42(47)58)62-53-38(35-59)36-60-44-33-49(48(73-2)31-40(44)53)80-20-8-14-65-17-15-64(16-18-65)13-5-3-4-6-19-74-21-22-75-23-24-76-25-26-77-27-28-78-29-30-79-37-51(68)61-43-10-7-9-39-52(43)56(71)66(55(39)70)46-11-12-50(67)63-54(46)69/h7,9-10,31-34,36,46,50,54-56,63,67,69-71H,3-6,8,11-30,37H2,1-2H3,(H,60,62)(H,61,68). The van der Waals surface area contributed by atoms with E-state index >= 15 is 0 Å². The summed E-state index contributed by atoms with van der Waals surface area (Å²) in [4.78, 5) is 23.6. The highest BCUT2D eigenvalue weighted by atomic mass is 35.5. The van der Waals surface area contributed by atoms with Crippen LogP contribution in [0.5, 0.6) is 17.2 Å². The van der Waals surface area contributed by atoms with Crippen LogP contribution in [0.15, 0.2) is 48.7 Å². The lowest BCUT2D eigenvalue weighted by atomic mass is 10.0. The molecule has 22 nitrogen and oxygen atoms in total. The highest BCUT2D eigenvalue weighted by Crippen LogP contribution is 2.46. The number of piperazine rings is 1. The molecular weight excluding hydrogens is 1080 g/mol. The molecule has 0 radical (unpaired) electrons. The molecule has 440 valence electrons. The molecule has 7 N–H and O–H groups in total. The van der Waals surface area contributed by atoms with E-state index in [0.29, 0.717) is 144 Å². The van der Waals surface area contributed by atoms with Crippen LogP contribution in [0.4, 0.5) is 17.1 Å². The Bertz CT molecular complexity index is 2600. The minimum atomic E-state index is -1.28. The minimum absolute atomic E-state index is 0.189. The van der Waals surface area contributed by atoms with Crippen molar-refractivity contribution in [1.82, 2.24) is 25.0 Å². The smallest absolute Gasteiger partial charge is 0.250 e. The van der Waals surface area contributed by atoms with Gasteiger partial charge in [0.2, 0.25) is 5.91 Å². The molecule has 2 fully saturated rings. The molecule has 3 aliphatic heterocycles. The van der Waals surface area contributed by atoms with Gasteiger partial charge in [0.05, 0.1) is 125 Å². The van der Waals surface area contributed by atoms with Crippen molar-refractivity contribution in [3.05, 3.63) is 75.4 Å². The predicted octanol–water partition coefficient (Wildman–Crippen LogP) is 5.55. The Kier molecular flexibility index (Phi) is 26.2. The Morgan fingerprint density at radius 1 is 0.700 bits per heavy atom. The number of aliphatic hydroxyl groups excluding tert-OH is 4. The number of nitrogens with one attached hydrogen (secondary N) is 3. The van der Waals surface area contributed by atoms with Gasteiger partial charge in [-0.05, 0) is 56.8 Å². The van der Waals surface area contributed by atoms with E-state index in [-0.39, 0.29) is 19.8 Å². The molecule has 0 aliphatic carbocycles. The number of methoxy groups -OCH3 is 2. The maximum absolute atomic E-state index is 12.7.